The third-order valence-corrected chi connectivity index (χ3v) is 27.2. The molecule has 2 heterocycles. The molecule has 20 heteroatoms. The van der Waals surface area contributed by atoms with E-state index in [0.29, 0.717) is 0 Å². The monoisotopic (exact) mass is 594 g/mol. The van der Waals surface area contributed by atoms with E-state index in [0.717, 1.165) is 0 Å². The normalized spacial score (nSPS) is 19.9. The third kappa shape index (κ3) is 8.29. The summed E-state index contributed by atoms with van der Waals surface area (Å²) in [5.41, 5.74) is 0. The number of hydrogen-bond acceptors (Lipinski definition) is 12. The Kier molecular flexibility index (Phi) is 8.90. The Morgan fingerprint density at radius 1 is 0.759 bits per heavy atom. The molecule has 15 nitrogen and oxygen atoms in total. The van der Waals surface area contributed by atoms with Crippen LogP contribution in [0, 0.1) is 0 Å². The predicted octanol–water partition coefficient (Wildman–Crippen LogP) is 1.09. The first-order valence-corrected chi connectivity index (χ1v) is 19.0. The van der Waals surface area contributed by atoms with Gasteiger partial charge in [0.05, 0.1) is 0 Å². The van der Waals surface area contributed by atoms with E-state index in [1.807, 2.05) is 0 Å². The summed E-state index contributed by atoms with van der Waals surface area (Å²) in [6, 6.07) is 0. The Balaban J connectivity index is 1.89. The molecule has 2 aliphatic heterocycles. The molecule has 0 amide bonds. The number of carboxylic acid groups (broad SMARTS) is 3. The molecule has 2 aliphatic rings. The zero-order valence-corrected chi connectivity index (χ0v) is 22.0. The predicted molar refractivity (Wildman–Crippen MR) is 92.2 cm³/mol. The maximum absolute atomic E-state index is 12.8. The molecule has 0 aliphatic carbocycles. The third-order valence-electron chi connectivity index (χ3n) is 3.28. The summed E-state index contributed by atoms with van der Waals surface area (Å²) >= 11 is -7.54. The molecule has 0 aromatic rings. The van der Waals surface area contributed by atoms with Gasteiger partial charge in [-0.25, -0.2) is 0 Å². The van der Waals surface area contributed by atoms with Crippen LogP contribution in [0.4, 0.5) is 0 Å². The van der Waals surface area contributed by atoms with Crippen LogP contribution in [0.3, 0.4) is 0 Å². The molecule has 2 rings (SSSR count). The zero-order valence-electron chi connectivity index (χ0n) is 14.5. The van der Waals surface area contributed by atoms with Crippen LogP contribution in [0.25, 0.3) is 0 Å². The molecule has 29 heavy (non-hydrogen) atoms. The van der Waals surface area contributed by atoms with Crippen molar-refractivity contribution >= 4 is 75.3 Å². The summed E-state index contributed by atoms with van der Waals surface area (Å²) in [6.45, 7) is 0. The van der Waals surface area contributed by atoms with Crippen molar-refractivity contribution in [3.8, 4) is 0 Å². The van der Waals surface area contributed by atoms with Crippen molar-refractivity contribution in [1.82, 2.24) is 0 Å². The van der Waals surface area contributed by atoms with Gasteiger partial charge in [0.2, 0.25) is 0 Å². The van der Waals surface area contributed by atoms with Gasteiger partial charge in [0.1, 0.15) is 0 Å². The Labute approximate surface area is 176 Å². The summed E-state index contributed by atoms with van der Waals surface area (Å²) in [5.74, 6) is -3.76. The molecule has 0 bridgehead atoms. The minimum absolute atomic E-state index is 0.410. The summed E-state index contributed by atoms with van der Waals surface area (Å²) in [6.07, 6.45) is -3.03. The molecule has 0 aromatic carbocycles. The Bertz CT molecular complexity index is 741. The minimum atomic E-state index is -4.19. The van der Waals surface area contributed by atoms with Gasteiger partial charge >= 0.3 is 176 Å². The summed E-state index contributed by atoms with van der Waals surface area (Å²) < 4.78 is 66.8. The maximum atomic E-state index is 12.8. The average molecular weight is 596 g/mol. The first kappa shape index (κ1) is 25.4. The number of rotatable bonds is 13. The molecular formula is C9H15Ga2O15P3. The molecular weight excluding hydrogens is 580 g/mol. The number of carboxylic acids is 3. The van der Waals surface area contributed by atoms with Gasteiger partial charge in [-0.3, -0.25) is 0 Å². The van der Waals surface area contributed by atoms with E-state index < -0.39 is 113 Å². The van der Waals surface area contributed by atoms with Gasteiger partial charge in [-0.2, -0.15) is 0 Å². The van der Waals surface area contributed by atoms with E-state index in [-0.39, 0.29) is 0 Å². The quantitative estimate of drug-likeness (QED) is 0.200. The van der Waals surface area contributed by atoms with Gasteiger partial charge in [-0.1, -0.05) is 0 Å². The summed E-state index contributed by atoms with van der Waals surface area (Å²) in [4.78, 5) is 31.8. The van der Waals surface area contributed by atoms with Crippen LogP contribution < -0.4 is 0 Å². The summed E-state index contributed by atoms with van der Waals surface area (Å²) in [7, 11) is -11.5. The van der Waals surface area contributed by atoms with Gasteiger partial charge in [0.15, 0.2) is 0 Å². The second kappa shape index (κ2) is 10.2. The van der Waals surface area contributed by atoms with E-state index in [1.54, 1.807) is 0 Å². The van der Waals surface area contributed by atoms with Gasteiger partial charge in [-0.15, -0.1) is 0 Å². The van der Waals surface area contributed by atoms with Crippen molar-refractivity contribution in [3.05, 3.63) is 0 Å². The SMILES string of the molecule is O=C(O)CCP1(=O)[O][Ga]([O]P(=O)(CCC(=O)O)[O][Ga]2[O]P(=O)(CCC(=O)O)[O]2)[O]1. The fourth-order valence-corrected chi connectivity index (χ4v) is 25.1. The number of hydrogen-bond donors (Lipinski definition) is 3. The van der Waals surface area contributed by atoms with Gasteiger partial charge in [-0.05, 0) is 0 Å². The molecule has 2 fully saturated rings. The van der Waals surface area contributed by atoms with Gasteiger partial charge in [0.25, 0.3) is 0 Å². The van der Waals surface area contributed by atoms with E-state index in [4.69, 9.17) is 35.2 Å². The fraction of sp³-hybridized carbons (Fsp3) is 0.667. The van der Waals surface area contributed by atoms with Crippen molar-refractivity contribution in [1.29, 1.82) is 0 Å². The van der Waals surface area contributed by atoms with Crippen LogP contribution in [-0.2, 0) is 48.0 Å². The standard InChI is InChI=1S/3C3H7O5P.2Ga/c3*4-3(5)1-2-9(6,7)8;;/h3*1-2H2,(H,4,5)(H2,6,7,8);;/q;;;2*+3/p-6. The number of carbonyl (C=O) groups is 3. The van der Waals surface area contributed by atoms with Crippen LogP contribution in [-0.4, -0.2) is 86.3 Å². The molecule has 0 unspecified atom stereocenters. The van der Waals surface area contributed by atoms with Crippen LogP contribution in [0.2, 0.25) is 0 Å². The van der Waals surface area contributed by atoms with Crippen LogP contribution in [0.5, 0.6) is 0 Å². The van der Waals surface area contributed by atoms with Crippen LogP contribution in [0.1, 0.15) is 19.3 Å². The molecule has 162 valence electrons. The fourth-order valence-electron chi connectivity index (χ4n) is 1.92. The Morgan fingerprint density at radius 3 is 1.41 bits per heavy atom. The molecule has 0 spiro atoms. The van der Waals surface area contributed by atoms with Gasteiger partial charge < -0.3 is 0 Å². The van der Waals surface area contributed by atoms with Crippen molar-refractivity contribution in [2.45, 2.75) is 19.3 Å². The average Bonchev–Trinajstić information content (AvgIpc) is 2.54. The topological polar surface area (TPSA) is 218 Å². The first-order valence-electron chi connectivity index (χ1n) is 7.85. The van der Waals surface area contributed by atoms with E-state index in [2.05, 4.69) is 0 Å². The molecule has 3 N–H and O–H groups in total. The van der Waals surface area contributed by atoms with Gasteiger partial charge in [0, 0.05) is 0 Å². The molecule has 0 aromatic heterocycles. The zero-order chi connectivity index (χ0) is 21.9. The van der Waals surface area contributed by atoms with E-state index in [9.17, 15) is 28.1 Å². The second-order valence-corrected chi connectivity index (χ2v) is 22.3. The number of aliphatic carboxylic acids is 3. The van der Waals surface area contributed by atoms with Crippen LogP contribution >= 0.6 is 22.8 Å². The molecule has 0 atom stereocenters. The van der Waals surface area contributed by atoms with Crippen molar-refractivity contribution in [3.63, 3.8) is 0 Å². The van der Waals surface area contributed by atoms with E-state index in [1.165, 1.54) is 0 Å². The Morgan fingerprint density at radius 2 is 1.10 bits per heavy atom. The Hall–Kier alpha value is 0.133. The van der Waals surface area contributed by atoms with Crippen LogP contribution in [0.15, 0.2) is 0 Å². The summed E-state index contributed by atoms with van der Waals surface area (Å²) in [5, 5.41) is 25.9. The van der Waals surface area contributed by atoms with Crippen molar-refractivity contribution in [2.75, 3.05) is 18.5 Å². The van der Waals surface area contributed by atoms with Crippen molar-refractivity contribution < 1.29 is 63.3 Å². The molecule has 0 radical (unpaired) electrons. The molecule has 2 saturated heterocycles. The van der Waals surface area contributed by atoms with E-state index >= 15 is 0 Å². The van der Waals surface area contributed by atoms with Crippen molar-refractivity contribution in [2.24, 2.45) is 0 Å². The molecule has 0 saturated carbocycles. The first-order chi connectivity index (χ1) is 13.3. The second-order valence-electron chi connectivity index (χ2n) is 5.64.